The largest absolute Gasteiger partial charge is 0.490 e. The molecule has 3 heterocycles. The highest BCUT2D eigenvalue weighted by atomic mass is 35.5. The standard InChI is InChI=1S/C40H54ClN5O5S/c1-3-38(47)42-52(49)23-6-4-5-9-36(50-22-21-45-19-17-44(2)18-20-45)33-13-10-31(33)26-46-27-40(16-7-8-29-24-32(41)12-14-34(29)40)28-51-37-15-11-30(25-35(37)46)39(48)43-52/h5,9,11-12,14-15,24-25,31,33,36H,3-4,6-8,10,13,16-23,26-28H2,1-2H3,(H,42,43,47,48,49)/b9-5+/t31-,33+,36-,40-,52?/m0/s1. The van der Waals surface area contributed by atoms with Crippen LogP contribution in [0.2, 0.25) is 5.02 Å². The smallest absolute Gasteiger partial charge is 0.286 e. The number of nitrogens with zero attached hydrogens (tertiary/aromatic N) is 4. The average molecular weight is 752 g/mol. The number of anilines is 1. The zero-order valence-corrected chi connectivity index (χ0v) is 32.3. The molecule has 1 N–H and O–H groups in total. The molecule has 2 aromatic carbocycles. The summed E-state index contributed by atoms with van der Waals surface area (Å²) in [6.07, 6.45) is 10.8. The van der Waals surface area contributed by atoms with Gasteiger partial charge in [-0.25, -0.2) is 4.21 Å². The van der Waals surface area contributed by atoms with Gasteiger partial charge in [-0.15, -0.1) is 4.36 Å². The van der Waals surface area contributed by atoms with Crippen LogP contribution in [0.1, 0.15) is 73.4 Å². The zero-order chi connectivity index (χ0) is 36.3. The molecule has 2 aliphatic carbocycles. The Balaban J connectivity index is 1.23. The fourth-order valence-electron chi connectivity index (χ4n) is 8.68. The minimum Gasteiger partial charge on any atom is -0.490 e. The Hall–Kier alpha value is -2.96. The molecule has 2 amide bonds. The maximum atomic E-state index is 14.0. The first-order chi connectivity index (χ1) is 25.1. The normalized spacial score (nSPS) is 30.6. The number of carbonyl (C=O) groups excluding carboxylic acids is 2. The van der Waals surface area contributed by atoms with E-state index in [-0.39, 0.29) is 23.7 Å². The second-order valence-electron chi connectivity index (χ2n) is 15.5. The molecule has 52 heavy (non-hydrogen) atoms. The molecule has 0 aromatic heterocycles. The van der Waals surface area contributed by atoms with Crippen molar-refractivity contribution in [3.05, 3.63) is 70.3 Å². The highest BCUT2D eigenvalue weighted by Crippen LogP contribution is 2.47. The Morgan fingerprint density at radius 2 is 1.98 bits per heavy atom. The van der Waals surface area contributed by atoms with Gasteiger partial charge < -0.3 is 19.3 Å². The average Bonchev–Trinajstić information content (AvgIpc) is 3.26. The van der Waals surface area contributed by atoms with Crippen molar-refractivity contribution in [2.45, 2.75) is 69.8 Å². The molecule has 1 spiro atoms. The lowest BCUT2D eigenvalue weighted by Gasteiger charge is -2.46. The van der Waals surface area contributed by atoms with E-state index >= 15 is 0 Å². The van der Waals surface area contributed by atoms with Crippen molar-refractivity contribution in [3.63, 3.8) is 0 Å². The van der Waals surface area contributed by atoms with Crippen LogP contribution < -0.4 is 14.4 Å². The predicted molar refractivity (Wildman–Crippen MR) is 207 cm³/mol. The number of benzene rings is 2. The van der Waals surface area contributed by atoms with Gasteiger partial charge in [0.2, 0.25) is 5.91 Å². The topological polar surface area (TPSA) is 104 Å². The van der Waals surface area contributed by atoms with Gasteiger partial charge in [0.1, 0.15) is 15.7 Å². The maximum Gasteiger partial charge on any atom is 0.286 e. The molecule has 1 saturated carbocycles. The van der Waals surface area contributed by atoms with E-state index < -0.39 is 21.7 Å². The Bertz CT molecular complexity index is 1790. The van der Waals surface area contributed by atoms with Gasteiger partial charge in [-0.1, -0.05) is 36.7 Å². The molecular formula is C40H54ClN5O5S. The second-order valence-corrected chi connectivity index (χ2v) is 18.0. The number of aryl methyl sites for hydroxylation is 1. The Kier molecular flexibility index (Phi) is 11.6. The molecule has 1 unspecified atom stereocenters. The van der Waals surface area contributed by atoms with Gasteiger partial charge in [0.15, 0.2) is 0 Å². The van der Waals surface area contributed by atoms with Crippen molar-refractivity contribution in [1.82, 2.24) is 14.5 Å². The summed E-state index contributed by atoms with van der Waals surface area (Å²) in [6.45, 7) is 9.62. The van der Waals surface area contributed by atoms with E-state index in [0.29, 0.717) is 43.5 Å². The summed E-state index contributed by atoms with van der Waals surface area (Å²) in [6, 6.07) is 11.7. The third kappa shape index (κ3) is 8.39. The van der Waals surface area contributed by atoms with Gasteiger partial charge in [-0.3, -0.25) is 19.2 Å². The highest BCUT2D eigenvalue weighted by molar-refractivity contribution is 7.92. The number of hydrogen-bond donors (Lipinski definition) is 1. The van der Waals surface area contributed by atoms with Gasteiger partial charge in [-0.05, 0) is 105 Å². The van der Waals surface area contributed by atoms with E-state index in [0.717, 1.165) is 94.4 Å². The van der Waals surface area contributed by atoms with Crippen molar-refractivity contribution in [2.75, 3.05) is 76.7 Å². The first-order valence-electron chi connectivity index (χ1n) is 19.2. The molecule has 12 heteroatoms. The number of likely N-dealkylation sites (N-methyl/N-ethyl adjacent to an activating group) is 1. The van der Waals surface area contributed by atoms with Crippen LogP contribution in [0.15, 0.2) is 52.9 Å². The number of amides is 2. The molecule has 5 atom stereocenters. The summed E-state index contributed by atoms with van der Waals surface area (Å²) in [5.74, 6) is 0.574. The van der Waals surface area contributed by atoms with Crippen LogP contribution in [-0.4, -0.2) is 104 Å². The molecule has 5 aliphatic rings. The quantitative estimate of drug-likeness (QED) is 0.366. The van der Waals surface area contributed by atoms with Gasteiger partial charge in [0, 0.05) is 68.2 Å². The van der Waals surface area contributed by atoms with Gasteiger partial charge >= 0.3 is 0 Å². The summed E-state index contributed by atoms with van der Waals surface area (Å²) < 4.78 is 34.3. The molecule has 2 aromatic rings. The van der Waals surface area contributed by atoms with E-state index in [1.165, 1.54) is 11.1 Å². The number of ether oxygens (including phenoxy) is 2. The number of piperazine rings is 1. The molecule has 2 bridgehead atoms. The van der Waals surface area contributed by atoms with Crippen LogP contribution >= 0.6 is 11.6 Å². The summed E-state index contributed by atoms with van der Waals surface area (Å²) in [5, 5.41) is 0.751. The van der Waals surface area contributed by atoms with E-state index in [1.807, 2.05) is 18.2 Å². The molecule has 0 radical (unpaired) electrons. The number of allylic oxidation sites excluding steroid dienone is 1. The molecular weight excluding hydrogens is 698 g/mol. The van der Waals surface area contributed by atoms with Crippen molar-refractivity contribution in [3.8, 4) is 5.75 Å². The zero-order valence-electron chi connectivity index (χ0n) is 30.7. The van der Waals surface area contributed by atoms with Gasteiger partial charge in [-0.2, -0.15) is 0 Å². The van der Waals surface area contributed by atoms with Crippen LogP contribution in [0.5, 0.6) is 5.75 Å². The summed E-state index contributed by atoms with van der Waals surface area (Å²) in [7, 11) is -1.16. The Labute approximate surface area is 314 Å². The van der Waals surface area contributed by atoms with E-state index in [1.54, 1.807) is 13.0 Å². The summed E-state index contributed by atoms with van der Waals surface area (Å²) in [5.41, 5.74) is 3.51. The number of hydrogen-bond acceptors (Lipinski definition) is 8. The monoisotopic (exact) mass is 751 g/mol. The number of fused-ring (bicyclic) bond motifs is 4. The lowest BCUT2D eigenvalue weighted by molar-refractivity contribution is -0.118. The van der Waals surface area contributed by atoms with Crippen LogP contribution in [0.3, 0.4) is 0 Å². The van der Waals surface area contributed by atoms with Gasteiger partial charge in [0.05, 0.1) is 30.8 Å². The molecule has 3 aliphatic heterocycles. The second kappa shape index (κ2) is 16.2. The Morgan fingerprint density at radius 3 is 2.77 bits per heavy atom. The molecule has 282 valence electrons. The number of nitrogens with one attached hydrogen (secondary N) is 1. The van der Waals surface area contributed by atoms with Gasteiger partial charge in [0.25, 0.3) is 5.91 Å². The lowest BCUT2D eigenvalue weighted by atomic mass is 9.68. The summed E-state index contributed by atoms with van der Waals surface area (Å²) in [4.78, 5) is 33.5. The third-order valence-electron chi connectivity index (χ3n) is 11.9. The van der Waals surface area contributed by atoms with Crippen LogP contribution in [0.4, 0.5) is 5.69 Å². The molecule has 10 nitrogen and oxygen atoms in total. The first kappa shape index (κ1) is 37.4. The van der Waals surface area contributed by atoms with Crippen LogP contribution in [-0.2, 0) is 31.3 Å². The maximum absolute atomic E-state index is 14.0. The van der Waals surface area contributed by atoms with E-state index in [9.17, 15) is 13.8 Å². The fourth-order valence-corrected chi connectivity index (χ4v) is 10.5. The van der Waals surface area contributed by atoms with E-state index in [2.05, 4.69) is 55.1 Å². The predicted octanol–water partition coefficient (Wildman–Crippen LogP) is 5.87. The minimum atomic E-state index is -3.33. The lowest BCUT2D eigenvalue weighted by Crippen LogP contribution is -2.50. The molecule has 2 fully saturated rings. The number of carbonyl (C=O) groups is 2. The Morgan fingerprint density at radius 1 is 1.13 bits per heavy atom. The number of rotatable bonds is 6. The molecule has 1 saturated heterocycles. The highest BCUT2D eigenvalue weighted by Gasteiger charge is 2.44. The fraction of sp³-hybridized carbons (Fsp3) is 0.600. The van der Waals surface area contributed by atoms with Crippen molar-refractivity contribution < 1.29 is 23.3 Å². The number of halogens is 1. The summed E-state index contributed by atoms with van der Waals surface area (Å²) >= 11 is 6.49. The minimum absolute atomic E-state index is 0.0323. The van der Waals surface area contributed by atoms with E-state index in [4.69, 9.17) is 21.1 Å². The first-order valence-corrected chi connectivity index (χ1v) is 21.3. The van der Waals surface area contributed by atoms with Crippen LogP contribution in [0.25, 0.3) is 0 Å². The van der Waals surface area contributed by atoms with Crippen molar-refractivity contribution >= 4 is 39.0 Å². The molecule has 7 rings (SSSR count). The van der Waals surface area contributed by atoms with Crippen molar-refractivity contribution in [1.29, 1.82) is 0 Å². The SMILES string of the molecule is CCC(=O)NS1(=O)=NC(=O)c2ccc3c(c2)N(C[C@@H]2CC[C@H]2[C@@H](OCCN2CCN(C)CC2)/C=C/CCC1)C[C@@]1(CCCc2cc(Cl)ccc21)CO3. The third-order valence-corrected chi connectivity index (χ3v) is 14.0. The van der Waals surface area contributed by atoms with Crippen LogP contribution in [0, 0.1) is 11.8 Å². The van der Waals surface area contributed by atoms with Crippen molar-refractivity contribution in [2.24, 2.45) is 16.2 Å².